The van der Waals surface area contributed by atoms with Crippen molar-refractivity contribution in [1.29, 1.82) is 5.26 Å². The van der Waals surface area contributed by atoms with Gasteiger partial charge in [-0.3, -0.25) is 0 Å². The Morgan fingerprint density at radius 2 is 2.19 bits per heavy atom. The molecule has 1 fully saturated rings. The number of alkyl halides is 2. The third-order valence-corrected chi connectivity index (χ3v) is 2.85. The predicted molar refractivity (Wildman–Crippen MR) is 55.3 cm³/mol. The van der Waals surface area contributed by atoms with E-state index in [2.05, 4.69) is 4.98 Å². The number of anilines is 1. The molecule has 0 N–H and O–H groups in total. The second kappa shape index (κ2) is 3.71. The molecular weight excluding hydrogens is 212 g/mol. The minimum Gasteiger partial charge on any atom is -0.356 e. The smallest absolute Gasteiger partial charge is 0.252 e. The molecular formula is C11H11F2N3. The Balaban J connectivity index is 2.05. The van der Waals surface area contributed by atoms with Gasteiger partial charge in [0.2, 0.25) is 0 Å². The highest BCUT2D eigenvalue weighted by Gasteiger charge is 2.47. The maximum atomic E-state index is 12.7. The standard InChI is InChI=1S/C11H11F2N3/c1-16(9-4-11(12,13)5-9)10-3-2-8(6-14)7-15-10/h2-3,7,9H,4-5H2,1H3. The molecule has 1 aromatic rings. The van der Waals surface area contributed by atoms with Crippen LogP contribution in [0.2, 0.25) is 0 Å². The Bertz CT molecular complexity index is 414. The summed E-state index contributed by atoms with van der Waals surface area (Å²) in [4.78, 5) is 5.79. The van der Waals surface area contributed by atoms with Crippen LogP contribution in [-0.4, -0.2) is 24.0 Å². The van der Waals surface area contributed by atoms with Gasteiger partial charge in [0.05, 0.1) is 5.56 Å². The first-order valence-corrected chi connectivity index (χ1v) is 4.99. The SMILES string of the molecule is CN(c1ccc(C#N)cn1)C1CC(F)(F)C1. The molecule has 3 nitrogen and oxygen atoms in total. The molecule has 0 unspecified atom stereocenters. The Morgan fingerprint density at radius 1 is 1.50 bits per heavy atom. The molecule has 0 amide bonds. The summed E-state index contributed by atoms with van der Waals surface area (Å²) < 4.78 is 25.4. The largest absolute Gasteiger partial charge is 0.356 e. The number of halogens is 2. The summed E-state index contributed by atoms with van der Waals surface area (Å²) in [5.41, 5.74) is 0.469. The van der Waals surface area contributed by atoms with Gasteiger partial charge in [0.25, 0.3) is 5.92 Å². The van der Waals surface area contributed by atoms with E-state index in [1.54, 1.807) is 24.1 Å². The van der Waals surface area contributed by atoms with Crippen LogP contribution in [0.3, 0.4) is 0 Å². The van der Waals surface area contributed by atoms with E-state index in [9.17, 15) is 8.78 Å². The summed E-state index contributed by atoms with van der Waals surface area (Å²) in [6.07, 6.45) is 1.21. The third kappa shape index (κ3) is 1.96. The molecule has 0 aromatic carbocycles. The summed E-state index contributed by atoms with van der Waals surface area (Å²) in [5, 5.41) is 8.60. The molecule has 16 heavy (non-hydrogen) atoms. The van der Waals surface area contributed by atoms with Crippen molar-refractivity contribution in [2.75, 3.05) is 11.9 Å². The average Bonchev–Trinajstić information content (AvgIpc) is 2.25. The quantitative estimate of drug-likeness (QED) is 0.771. The monoisotopic (exact) mass is 223 g/mol. The van der Waals surface area contributed by atoms with Gasteiger partial charge in [-0.15, -0.1) is 0 Å². The van der Waals surface area contributed by atoms with E-state index in [-0.39, 0.29) is 18.9 Å². The van der Waals surface area contributed by atoms with Crippen molar-refractivity contribution >= 4 is 5.82 Å². The van der Waals surface area contributed by atoms with Gasteiger partial charge in [-0.1, -0.05) is 0 Å². The second-order valence-electron chi connectivity index (χ2n) is 4.05. The predicted octanol–water partition coefficient (Wildman–Crippen LogP) is 2.19. The van der Waals surface area contributed by atoms with Crippen LogP contribution >= 0.6 is 0 Å². The highest BCUT2D eigenvalue weighted by molar-refractivity contribution is 5.42. The Kier molecular flexibility index (Phi) is 2.50. The van der Waals surface area contributed by atoms with Gasteiger partial charge in [0.1, 0.15) is 11.9 Å². The highest BCUT2D eigenvalue weighted by Crippen LogP contribution is 2.40. The van der Waals surface area contributed by atoms with Crippen molar-refractivity contribution in [3.63, 3.8) is 0 Å². The van der Waals surface area contributed by atoms with Gasteiger partial charge >= 0.3 is 0 Å². The fraction of sp³-hybridized carbons (Fsp3) is 0.455. The lowest BCUT2D eigenvalue weighted by atomic mass is 9.87. The fourth-order valence-electron chi connectivity index (χ4n) is 1.75. The molecule has 1 aliphatic rings. The van der Waals surface area contributed by atoms with Crippen LogP contribution in [0.25, 0.3) is 0 Å². The van der Waals surface area contributed by atoms with Crippen molar-refractivity contribution in [3.8, 4) is 6.07 Å². The normalized spacial score (nSPS) is 18.6. The molecule has 1 aliphatic carbocycles. The van der Waals surface area contributed by atoms with Gasteiger partial charge < -0.3 is 4.90 Å². The van der Waals surface area contributed by atoms with E-state index in [0.717, 1.165) is 0 Å². The van der Waals surface area contributed by atoms with E-state index in [1.807, 2.05) is 6.07 Å². The zero-order valence-corrected chi connectivity index (χ0v) is 8.82. The molecule has 0 saturated heterocycles. The maximum Gasteiger partial charge on any atom is 0.252 e. The van der Waals surface area contributed by atoms with Crippen molar-refractivity contribution < 1.29 is 8.78 Å². The van der Waals surface area contributed by atoms with E-state index < -0.39 is 5.92 Å². The van der Waals surface area contributed by atoms with Gasteiger partial charge in [-0.05, 0) is 12.1 Å². The van der Waals surface area contributed by atoms with Crippen molar-refractivity contribution in [2.24, 2.45) is 0 Å². The minimum atomic E-state index is -2.52. The van der Waals surface area contributed by atoms with Crippen molar-refractivity contribution in [2.45, 2.75) is 24.8 Å². The summed E-state index contributed by atoms with van der Waals surface area (Å²) in [6, 6.07) is 5.12. The van der Waals surface area contributed by atoms with Crippen LogP contribution in [0.1, 0.15) is 18.4 Å². The van der Waals surface area contributed by atoms with Crippen LogP contribution in [-0.2, 0) is 0 Å². The van der Waals surface area contributed by atoms with E-state index in [0.29, 0.717) is 11.4 Å². The molecule has 84 valence electrons. The lowest BCUT2D eigenvalue weighted by Gasteiger charge is -2.41. The first-order chi connectivity index (χ1) is 7.52. The zero-order valence-electron chi connectivity index (χ0n) is 8.82. The number of pyridine rings is 1. The summed E-state index contributed by atoms with van der Waals surface area (Å²) >= 11 is 0. The van der Waals surface area contributed by atoms with Gasteiger partial charge in [0, 0.05) is 32.1 Å². The molecule has 0 aliphatic heterocycles. The van der Waals surface area contributed by atoms with E-state index in [1.165, 1.54) is 6.20 Å². The molecule has 1 heterocycles. The van der Waals surface area contributed by atoms with Crippen LogP contribution < -0.4 is 4.90 Å². The lowest BCUT2D eigenvalue weighted by Crippen LogP contribution is -2.49. The van der Waals surface area contributed by atoms with E-state index in [4.69, 9.17) is 5.26 Å². The molecule has 2 rings (SSSR count). The number of aromatic nitrogens is 1. The van der Waals surface area contributed by atoms with Crippen LogP contribution in [0, 0.1) is 11.3 Å². The third-order valence-electron chi connectivity index (χ3n) is 2.85. The number of hydrogen-bond acceptors (Lipinski definition) is 3. The molecule has 1 saturated carbocycles. The highest BCUT2D eigenvalue weighted by atomic mass is 19.3. The molecule has 0 atom stereocenters. The van der Waals surface area contributed by atoms with Gasteiger partial charge in [0.15, 0.2) is 0 Å². The first-order valence-electron chi connectivity index (χ1n) is 4.99. The fourth-order valence-corrected chi connectivity index (χ4v) is 1.75. The Morgan fingerprint density at radius 3 is 2.62 bits per heavy atom. The van der Waals surface area contributed by atoms with Crippen LogP contribution in [0.15, 0.2) is 18.3 Å². The van der Waals surface area contributed by atoms with Gasteiger partial charge in [-0.25, -0.2) is 13.8 Å². The van der Waals surface area contributed by atoms with E-state index >= 15 is 0 Å². The lowest BCUT2D eigenvalue weighted by molar-refractivity contribution is -0.0850. The van der Waals surface area contributed by atoms with Crippen molar-refractivity contribution in [1.82, 2.24) is 4.98 Å². The molecule has 1 aromatic heterocycles. The maximum absolute atomic E-state index is 12.7. The number of nitriles is 1. The first kappa shape index (κ1) is 10.8. The Hall–Kier alpha value is -1.70. The molecule has 0 bridgehead atoms. The van der Waals surface area contributed by atoms with Crippen LogP contribution in [0.4, 0.5) is 14.6 Å². The Labute approximate surface area is 92.3 Å². The molecule has 0 spiro atoms. The number of hydrogen-bond donors (Lipinski definition) is 0. The summed E-state index contributed by atoms with van der Waals surface area (Å²) in [6.45, 7) is 0. The molecule has 5 heteroatoms. The number of nitrogens with zero attached hydrogens (tertiary/aromatic N) is 3. The minimum absolute atomic E-state index is 0.120. The second-order valence-corrected chi connectivity index (χ2v) is 4.05. The van der Waals surface area contributed by atoms with Gasteiger partial charge in [-0.2, -0.15) is 5.26 Å². The zero-order chi connectivity index (χ0) is 11.8. The average molecular weight is 223 g/mol. The number of rotatable bonds is 2. The topological polar surface area (TPSA) is 39.9 Å². The van der Waals surface area contributed by atoms with Crippen molar-refractivity contribution in [3.05, 3.63) is 23.9 Å². The summed E-state index contributed by atoms with van der Waals surface area (Å²) in [7, 11) is 1.74. The summed E-state index contributed by atoms with van der Waals surface area (Å²) in [5.74, 6) is -1.90. The molecule has 0 radical (unpaired) electrons. The van der Waals surface area contributed by atoms with Crippen LogP contribution in [0.5, 0.6) is 0 Å².